The average molecular weight is 571 g/mol. The summed E-state index contributed by atoms with van der Waals surface area (Å²) in [5, 5.41) is 14.9. The summed E-state index contributed by atoms with van der Waals surface area (Å²) in [5.41, 5.74) is 4.19. The normalized spacial score (nSPS) is 11.4. The standard InChI is InChI=1S/C28H22Cl3N3O4/c1-14(2)26-17(25(33-38-26)24-18(29)5-4-6-19(24)30)13-37-23-10-8-15(11-20(23)31)27-32-21-9-7-16(28(35)36)12-22(21)34(27)3/h4-12,14H,13H2,1-3H3,(H,35,36). The molecule has 194 valence electrons. The zero-order valence-corrected chi connectivity index (χ0v) is 22.9. The van der Waals surface area contributed by atoms with Crippen LogP contribution in [-0.2, 0) is 13.7 Å². The molecule has 5 aromatic rings. The van der Waals surface area contributed by atoms with E-state index in [1.165, 1.54) is 6.07 Å². The predicted octanol–water partition coefficient (Wildman–Crippen LogP) is 8.26. The van der Waals surface area contributed by atoms with Gasteiger partial charge in [-0.3, -0.25) is 0 Å². The molecule has 0 fully saturated rings. The fraction of sp³-hybridized carbons (Fsp3) is 0.179. The van der Waals surface area contributed by atoms with E-state index < -0.39 is 5.97 Å². The van der Waals surface area contributed by atoms with Crippen LogP contribution in [0.1, 0.15) is 41.4 Å². The van der Waals surface area contributed by atoms with Crippen molar-refractivity contribution >= 4 is 51.8 Å². The topological polar surface area (TPSA) is 90.4 Å². The number of carboxylic acids is 1. The van der Waals surface area contributed by atoms with Gasteiger partial charge in [-0.1, -0.05) is 59.9 Å². The van der Waals surface area contributed by atoms with Crippen molar-refractivity contribution in [1.82, 2.24) is 14.7 Å². The van der Waals surface area contributed by atoms with E-state index in [1.807, 2.05) is 31.5 Å². The Morgan fingerprint density at radius 3 is 2.45 bits per heavy atom. The number of hydrogen-bond donors (Lipinski definition) is 1. The first-order chi connectivity index (χ1) is 18.2. The van der Waals surface area contributed by atoms with Crippen molar-refractivity contribution in [3.05, 3.63) is 86.6 Å². The van der Waals surface area contributed by atoms with Gasteiger partial charge in [0.25, 0.3) is 0 Å². The van der Waals surface area contributed by atoms with Gasteiger partial charge in [0.05, 0.1) is 37.2 Å². The number of ether oxygens (including phenoxy) is 1. The first-order valence-corrected chi connectivity index (χ1v) is 12.8. The molecule has 2 heterocycles. The second-order valence-corrected chi connectivity index (χ2v) is 10.3. The summed E-state index contributed by atoms with van der Waals surface area (Å²) >= 11 is 19.5. The Morgan fingerprint density at radius 1 is 1.05 bits per heavy atom. The van der Waals surface area contributed by atoms with Crippen molar-refractivity contribution in [1.29, 1.82) is 0 Å². The molecule has 0 amide bonds. The minimum absolute atomic E-state index is 0.0492. The summed E-state index contributed by atoms with van der Waals surface area (Å²) in [5.74, 6) is 0.840. The zero-order valence-electron chi connectivity index (χ0n) is 20.6. The lowest BCUT2D eigenvalue weighted by Crippen LogP contribution is -2.02. The summed E-state index contributed by atoms with van der Waals surface area (Å²) in [6, 6.07) is 15.5. The highest BCUT2D eigenvalue weighted by molar-refractivity contribution is 6.39. The summed E-state index contributed by atoms with van der Waals surface area (Å²) in [6.07, 6.45) is 0. The van der Waals surface area contributed by atoms with E-state index in [2.05, 4.69) is 10.1 Å². The predicted molar refractivity (Wildman–Crippen MR) is 148 cm³/mol. The van der Waals surface area contributed by atoms with Crippen LogP contribution in [0.5, 0.6) is 5.75 Å². The molecule has 0 aliphatic carbocycles. The lowest BCUT2D eigenvalue weighted by atomic mass is 10.0. The molecular formula is C28H22Cl3N3O4. The number of aryl methyl sites for hydroxylation is 1. The number of hydrogen-bond acceptors (Lipinski definition) is 5. The molecule has 0 bridgehead atoms. The van der Waals surface area contributed by atoms with Crippen molar-refractivity contribution < 1.29 is 19.2 Å². The Morgan fingerprint density at radius 2 is 1.79 bits per heavy atom. The van der Waals surface area contributed by atoms with Gasteiger partial charge in [0.1, 0.15) is 29.6 Å². The molecule has 3 aromatic carbocycles. The highest BCUT2D eigenvalue weighted by atomic mass is 35.5. The van der Waals surface area contributed by atoms with Gasteiger partial charge in [-0.15, -0.1) is 0 Å². The number of rotatable bonds is 7. The Labute approximate surface area is 233 Å². The molecule has 0 saturated heterocycles. The molecule has 0 unspecified atom stereocenters. The van der Waals surface area contributed by atoms with Crippen molar-refractivity contribution in [2.45, 2.75) is 26.4 Å². The highest BCUT2D eigenvalue weighted by Gasteiger charge is 2.24. The quantitative estimate of drug-likeness (QED) is 0.212. The van der Waals surface area contributed by atoms with Gasteiger partial charge in [-0.2, -0.15) is 0 Å². The number of carboxylic acid groups (broad SMARTS) is 1. The van der Waals surface area contributed by atoms with Gasteiger partial charge in [0.2, 0.25) is 0 Å². The fourth-order valence-corrected chi connectivity index (χ4v) is 5.14. The molecule has 0 aliphatic heterocycles. The number of aromatic nitrogens is 3. The van der Waals surface area contributed by atoms with Gasteiger partial charge in [0.15, 0.2) is 0 Å². The van der Waals surface area contributed by atoms with E-state index in [0.29, 0.717) is 54.7 Å². The summed E-state index contributed by atoms with van der Waals surface area (Å²) in [4.78, 5) is 16.0. The maximum atomic E-state index is 11.4. The number of imidazole rings is 1. The largest absolute Gasteiger partial charge is 0.487 e. The first-order valence-electron chi connectivity index (χ1n) is 11.7. The van der Waals surface area contributed by atoms with Crippen LogP contribution in [0.15, 0.2) is 59.1 Å². The van der Waals surface area contributed by atoms with E-state index in [4.69, 9.17) is 44.1 Å². The summed E-state index contributed by atoms with van der Waals surface area (Å²) in [6.45, 7) is 4.14. The molecule has 0 aliphatic rings. The number of benzene rings is 3. The molecular weight excluding hydrogens is 549 g/mol. The minimum atomic E-state index is -0.993. The maximum Gasteiger partial charge on any atom is 0.335 e. The van der Waals surface area contributed by atoms with Crippen molar-refractivity contribution in [2.24, 2.45) is 7.05 Å². The van der Waals surface area contributed by atoms with Gasteiger partial charge < -0.3 is 18.9 Å². The number of carbonyl (C=O) groups is 1. The van der Waals surface area contributed by atoms with Crippen LogP contribution >= 0.6 is 34.8 Å². The second kappa shape index (κ2) is 10.3. The monoisotopic (exact) mass is 569 g/mol. The van der Waals surface area contributed by atoms with E-state index in [0.717, 1.165) is 11.1 Å². The van der Waals surface area contributed by atoms with Crippen LogP contribution in [0.2, 0.25) is 15.1 Å². The van der Waals surface area contributed by atoms with Crippen LogP contribution in [0.4, 0.5) is 0 Å². The van der Waals surface area contributed by atoms with Crippen molar-refractivity contribution in [3.8, 4) is 28.4 Å². The molecule has 0 spiro atoms. The average Bonchev–Trinajstić information content (AvgIpc) is 3.44. The van der Waals surface area contributed by atoms with Crippen LogP contribution in [0, 0.1) is 0 Å². The Hall–Kier alpha value is -3.52. The van der Waals surface area contributed by atoms with Crippen molar-refractivity contribution in [3.63, 3.8) is 0 Å². The molecule has 38 heavy (non-hydrogen) atoms. The van der Waals surface area contributed by atoms with Gasteiger partial charge >= 0.3 is 5.97 Å². The fourth-order valence-electron chi connectivity index (χ4n) is 4.32. The molecule has 1 N–H and O–H groups in total. The third-order valence-electron chi connectivity index (χ3n) is 6.23. The highest BCUT2D eigenvalue weighted by Crippen LogP contribution is 2.39. The lowest BCUT2D eigenvalue weighted by molar-refractivity contribution is 0.0697. The minimum Gasteiger partial charge on any atom is -0.487 e. The lowest BCUT2D eigenvalue weighted by Gasteiger charge is -2.12. The van der Waals surface area contributed by atoms with Gasteiger partial charge in [-0.05, 0) is 48.5 Å². The van der Waals surface area contributed by atoms with Gasteiger partial charge in [0, 0.05) is 24.1 Å². The number of halogens is 3. The molecule has 10 heteroatoms. The van der Waals surface area contributed by atoms with Crippen LogP contribution in [-0.4, -0.2) is 25.8 Å². The third-order valence-corrected chi connectivity index (χ3v) is 7.16. The Kier molecular flexibility index (Phi) is 7.09. The van der Waals surface area contributed by atoms with Crippen LogP contribution in [0.3, 0.4) is 0 Å². The molecule has 0 atom stereocenters. The second-order valence-electron chi connectivity index (χ2n) is 9.06. The Balaban J connectivity index is 1.46. The molecule has 0 radical (unpaired) electrons. The van der Waals surface area contributed by atoms with Crippen LogP contribution in [0.25, 0.3) is 33.7 Å². The summed E-state index contributed by atoms with van der Waals surface area (Å²) < 4.78 is 13.6. The molecule has 7 nitrogen and oxygen atoms in total. The third kappa shape index (κ3) is 4.73. The van der Waals surface area contributed by atoms with E-state index in [9.17, 15) is 9.90 Å². The number of fused-ring (bicyclic) bond motifs is 1. The van der Waals surface area contributed by atoms with Crippen molar-refractivity contribution in [2.75, 3.05) is 0 Å². The molecule has 0 saturated carbocycles. The zero-order chi connectivity index (χ0) is 27.1. The Bertz CT molecular complexity index is 1670. The molecule has 5 rings (SSSR count). The first kappa shape index (κ1) is 26.1. The van der Waals surface area contributed by atoms with Gasteiger partial charge in [-0.25, -0.2) is 9.78 Å². The SMILES string of the molecule is CC(C)c1onc(-c2c(Cl)cccc2Cl)c1COc1ccc(-c2nc3ccc(C(=O)O)cc3n2C)cc1Cl. The van der Waals surface area contributed by atoms with E-state index >= 15 is 0 Å². The summed E-state index contributed by atoms with van der Waals surface area (Å²) in [7, 11) is 1.83. The maximum absolute atomic E-state index is 11.4. The smallest absolute Gasteiger partial charge is 0.335 e. The van der Waals surface area contributed by atoms with E-state index in [1.54, 1.807) is 42.5 Å². The number of nitrogens with zero attached hydrogens (tertiary/aromatic N) is 3. The van der Waals surface area contributed by atoms with Crippen LogP contribution < -0.4 is 4.74 Å². The van der Waals surface area contributed by atoms with E-state index in [-0.39, 0.29) is 18.1 Å². The number of aromatic carboxylic acids is 1. The molecule has 2 aromatic heterocycles.